The maximum atomic E-state index is 5.93. The van der Waals surface area contributed by atoms with E-state index in [-0.39, 0.29) is 5.41 Å². The van der Waals surface area contributed by atoms with Crippen molar-refractivity contribution in [1.82, 2.24) is 0 Å². The first-order chi connectivity index (χ1) is 7.05. The number of nitrogens with two attached hydrogens (primary N) is 1. The van der Waals surface area contributed by atoms with Crippen LogP contribution >= 0.6 is 0 Å². The van der Waals surface area contributed by atoms with Crippen LogP contribution in [-0.2, 0) is 5.41 Å². The van der Waals surface area contributed by atoms with Crippen molar-refractivity contribution in [2.24, 2.45) is 11.1 Å². The summed E-state index contributed by atoms with van der Waals surface area (Å²) in [5.74, 6) is 0.919. The molecule has 0 radical (unpaired) electrons. The van der Waals surface area contributed by atoms with Gasteiger partial charge in [-0.05, 0) is 29.5 Å². The second-order valence-electron chi connectivity index (χ2n) is 5.08. The molecule has 1 atom stereocenters. The van der Waals surface area contributed by atoms with Crippen molar-refractivity contribution in [1.29, 1.82) is 0 Å². The zero-order valence-corrected chi connectivity index (χ0v) is 9.71. The summed E-state index contributed by atoms with van der Waals surface area (Å²) < 4.78 is 5.25. The molecule has 2 nitrogen and oxygen atoms in total. The number of benzene rings is 1. The molecule has 1 fully saturated rings. The first-order valence-electron chi connectivity index (χ1n) is 5.40. The molecule has 0 saturated heterocycles. The summed E-state index contributed by atoms with van der Waals surface area (Å²) in [6.45, 7) is 5.27. The Morgan fingerprint density at radius 3 is 2.53 bits per heavy atom. The third-order valence-electron chi connectivity index (χ3n) is 3.88. The zero-order chi connectivity index (χ0) is 11.1. The van der Waals surface area contributed by atoms with Crippen LogP contribution in [-0.4, -0.2) is 13.7 Å². The molecule has 1 unspecified atom stereocenters. The molecule has 0 aromatic heterocycles. The molecule has 2 rings (SSSR count). The maximum Gasteiger partial charge on any atom is 0.119 e. The molecule has 0 spiro atoms. The number of methoxy groups -OCH3 is 1. The molecule has 1 aliphatic rings. The van der Waals surface area contributed by atoms with Crippen molar-refractivity contribution in [3.05, 3.63) is 29.8 Å². The Kier molecular flexibility index (Phi) is 2.27. The highest BCUT2D eigenvalue weighted by Crippen LogP contribution is 2.63. The first-order valence-corrected chi connectivity index (χ1v) is 5.40. The van der Waals surface area contributed by atoms with Crippen LogP contribution < -0.4 is 10.5 Å². The molecule has 0 aliphatic heterocycles. The highest BCUT2D eigenvalue weighted by Gasteiger charge is 2.60. The molecular weight excluding hydrogens is 186 g/mol. The number of hydrogen-bond acceptors (Lipinski definition) is 2. The van der Waals surface area contributed by atoms with Crippen LogP contribution in [0.25, 0.3) is 0 Å². The normalized spacial score (nSPS) is 27.5. The average Bonchev–Trinajstić information content (AvgIpc) is 2.82. The molecule has 82 valence electrons. The van der Waals surface area contributed by atoms with E-state index in [1.54, 1.807) is 7.11 Å². The average molecular weight is 205 g/mol. The summed E-state index contributed by atoms with van der Waals surface area (Å²) in [5, 5.41) is 0. The predicted molar refractivity (Wildman–Crippen MR) is 62.1 cm³/mol. The third-order valence-corrected chi connectivity index (χ3v) is 3.88. The lowest BCUT2D eigenvalue weighted by Crippen LogP contribution is -2.25. The van der Waals surface area contributed by atoms with Crippen LogP contribution in [0.2, 0.25) is 0 Å². The van der Waals surface area contributed by atoms with E-state index in [0.717, 1.165) is 5.75 Å². The largest absolute Gasteiger partial charge is 0.497 e. The predicted octanol–water partition coefficient (Wildman–Crippen LogP) is 2.32. The van der Waals surface area contributed by atoms with Gasteiger partial charge in [0.25, 0.3) is 0 Å². The van der Waals surface area contributed by atoms with E-state index in [9.17, 15) is 0 Å². The fourth-order valence-corrected chi connectivity index (χ4v) is 2.59. The molecule has 0 amide bonds. The van der Waals surface area contributed by atoms with Gasteiger partial charge in [0, 0.05) is 12.0 Å². The minimum atomic E-state index is 0.168. The third kappa shape index (κ3) is 1.44. The van der Waals surface area contributed by atoms with Gasteiger partial charge in [-0.2, -0.15) is 0 Å². The summed E-state index contributed by atoms with van der Waals surface area (Å²) >= 11 is 0. The Morgan fingerprint density at radius 1 is 1.40 bits per heavy atom. The fourth-order valence-electron chi connectivity index (χ4n) is 2.59. The Hall–Kier alpha value is -1.02. The van der Waals surface area contributed by atoms with Gasteiger partial charge in [0.1, 0.15) is 5.75 Å². The van der Waals surface area contributed by atoms with Crippen LogP contribution in [0.3, 0.4) is 0 Å². The first kappa shape index (κ1) is 10.5. The highest BCUT2D eigenvalue weighted by atomic mass is 16.5. The smallest absolute Gasteiger partial charge is 0.119 e. The SMILES string of the molecule is COc1cccc(C2(CN)CC2(C)C)c1. The monoisotopic (exact) mass is 205 g/mol. The molecule has 2 heteroatoms. The minimum absolute atomic E-state index is 0.168. The van der Waals surface area contributed by atoms with Gasteiger partial charge < -0.3 is 10.5 Å². The molecule has 1 aromatic carbocycles. The molecule has 1 aromatic rings. The van der Waals surface area contributed by atoms with E-state index in [1.165, 1.54) is 12.0 Å². The molecule has 1 aliphatic carbocycles. The van der Waals surface area contributed by atoms with Crippen LogP contribution in [0.5, 0.6) is 5.75 Å². The lowest BCUT2D eigenvalue weighted by atomic mass is 9.88. The van der Waals surface area contributed by atoms with Crippen molar-refractivity contribution in [3.8, 4) is 5.75 Å². The quantitative estimate of drug-likeness (QED) is 0.822. The second kappa shape index (κ2) is 3.24. The summed E-state index contributed by atoms with van der Waals surface area (Å²) in [7, 11) is 1.70. The Morgan fingerprint density at radius 2 is 2.07 bits per heavy atom. The van der Waals surface area contributed by atoms with E-state index in [4.69, 9.17) is 10.5 Å². The van der Waals surface area contributed by atoms with Gasteiger partial charge in [0.05, 0.1) is 7.11 Å². The second-order valence-corrected chi connectivity index (χ2v) is 5.08. The van der Waals surface area contributed by atoms with Crippen LogP contribution in [0.1, 0.15) is 25.8 Å². The van der Waals surface area contributed by atoms with E-state index in [0.29, 0.717) is 12.0 Å². The van der Waals surface area contributed by atoms with Crippen molar-refractivity contribution in [3.63, 3.8) is 0 Å². The Balaban J connectivity index is 2.37. The minimum Gasteiger partial charge on any atom is -0.497 e. The van der Waals surface area contributed by atoms with Gasteiger partial charge in [-0.15, -0.1) is 0 Å². The van der Waals surface area contributed by atoms with Gasteiger partial charge in [0.2, 0.25) is 0 Å². The molecule has 2 N–H and O–H groups in total. The highest BCUT2D eigenvalue weighted by molar-refractivity contribution is 5.41. The molecule has 15 heavy (non-hydrogen) atoms. The summed E-state index contributed by atoms with van der Waals surface area (Å²) in [4.78, 5) is 0. The molecule has 0 bridgehead atoms. The number of hydrogen-bond donors (Lipinski definition) is 1. The molecule has 0 heterocycles. The van der Waals surface area contributed by atoms with Gasteiger partial charge in [-0.25, -0.2) is 0 Å². The van der Waals surface area contributed by atoms with Crippen molar-refractivity contribution in [2.45, 2.75) is 25.7 Å². The van der Waals surface area contributed by atoms with E-state index >= 15 is 0 Å². The van der Waals surface area contributed by atoms with E-state index < -0.39 is 0 Å². The number of rotatable bonds is 3. The van der Waals surface area contributed by atoms with Crippen LogP contribution in [0, 0.1) is 5.41 Å². The van der Waals surface area contributed by atoms with Gasteiger partial charge in [0.15, 0.2) is 0 Å². The number of ether oxygens (including phenoxy) is 1. The summed E-state index contributed by atoms with van der Waals surface area (Å²) in [6, 6.07) is 8.29. The fraction of sp³-hybridized carbons (Fsp3) is 0.538. The summed E-state index contributed by atoms with van der Waals surface area (Å²) in [5.41, 5.74) is 7.74. The van der Waals surface area contributed by atoms with Gasteiger partial charge >= 0.3 is 0 Å². The topological polar surface area (TPSA) is 35.2 Å². The lowest BCUT2D eigenvalue weighted by Gasteiger charge is -2.19. The zero-order valence-electron chi connectivity index (χ0n) is 9.71. The maximum absolute atomic E-state index is 5.93. The van der Waals surface area contributed by atoms with Crippen molar-refractivity contribution >= 4 is 0 Å². The van der Waals surface area contributed by atoms with Gasteiger partial charge in [-0.1, -0.05) is 26.0 Å². The van der Waals surface area contributed by atoms with Crippen molar-refractivity contribution in [2.75, 3.05) is 13.7 Å². The van der Waals surface area contributed by atoms with Gasteiger partial charge in [-0.3, -0.25) is 0 Å². The van der Waals surface area contributed by atoms with Crippen molar-refractivity contribution < 1.29 is 4.74 Å². The summed E-state index contributed by atoms with van der Waals surface area (Å²) in [6.07, 6.45) is 1.17. The Bertz CT molecular complexity index is 373. The standard InChI is InChI=1S/C13H19NO/c1-12(2)8-13(12,9-14)10-5-4-6-11(7-10)15-3/h4-7H,8-9,14H2,1-3H3. The van der Waals surface area contributed by atoms with E-state index in [1.807, 2.05) is 12.1 Å². The Labute approximate surface area is 91.4 Å². The van der Waals surface area contributed by atoms with Crippen LogP contribution in [0.4, 0.5) is 0 Å². The lowest BCUT2D eigenvalue weighted by molar-refractivity contribution is 0.412. The van der Waals surface area contributed by atoms with E-state index in [2.05, 4.69) is 26.0 Å². The molecular formula is C13H19NO. The van der Waals surface area contributed by atoms with Crippen LogP contribution in [0.15, 0.2) is 24.3 Å². The molecule has 1 saturated carbocycles.